The van der Waals surface area contributed by atoms with E-state index in [-0.39, 0.29) is 5.75 Å². The smallest absolute Gasteiger partial charge is 0.267 e. The molecular weight excluding hydrogens is 294 g/mol. The minimum atomic E-state index is -3.47. The highest BCUT2D eigenvalue weighted by Crippen LogP contribution is 2.34. The summed E-state index contributed by atoms with van der Waals surface area (Å²) in [5.41, 5.74) is 1.23. The molecule has 1 atom stereocenters. The molecule has 2 rings (SSSR count). The van der Waals surface area contributed by atoms with Gasteiger partial charge in [-0.15, -0.1) is 11.3 Å². The molecule has 0 saturated carbocycles. The average Bonchev–Trinajstić information content (AvgIpc) is 2.88. The van der Waals surface area contributed by atoms with Crippen LogP contribution in [0.25, 0.3) is 0 Å². The zero-order chi connectivity index (χ0) is 14.9. The number of amides is 1. The maximum Gasteiger partial charge on any atom is 0.277 e. The van der Waals surface area contributed by atoms with E-state index >= 15 is 0 Å². The van der Waals surface area contributed by atoms with Crippen molar-refractivity contribution in [2.45, 2.75) is 39.5 Å². The summed E-state index contributed by atoms with van der Waals surface area (Å²) in [6.07, 6.45) is 4.35. The van der Waals surface area contributed by atoms with Gasteiger partial charge in [0, 0.05) is 11.9 Å². The number of hydrogen-bond donors (Lipinski definition) is 0. The summed E-state index contributed by atoms with van der Waals surface area (Å²) in [5, 5.41) is 0. The summed E-state index contributed by atoms with van der Waals surface area (Å²) < 4.78 is 24.4. The molecule has 20 heavy (non-hydrogen) atoms. The molecule has 0 bridgehead atoms. The van der Waals surface area contributed by atoms with Gasteiger partial charge in [0.05, 0.1) is 10.6 Å². The third kappa shape index (κ3) is 2.91. The lowest BCUT2D eigenvalue weighted by molar-refractivity contribution is 0.0887. The molecule has 0 saturated heterocycles. The molecule has 0 aliphatic heterocycles. The van der Waals surface area contributed by atoms with Crippen LogP contribution in [0.15, 0.2) is 6.07 Å². The predicted molar refractivity (Wildman–Crippen MR) is 81.7 cm³/mol. The topological polar surface area (TPSA) is 54.5 Å². The first-order valence-corrected chi connectivity index (χ1v) is 9.44. The largest absolute Gasteiger partial charge is 0.277 e. The van der Waals surface area contributed by atoms with Crippen LogP contribution in [-0.2, 0) is 22.9 Å². The van der Waals surface area contributed by atoms with Crippen molar-refractivity contribution >= 4 is 27.3 Å². The first-order chi connectivity index (χ1) is 9.39. The molecule has 6 heteroatoms. The fourth-order valence-electron chi connectivity index (χ4n) is 2.53. The van der Waals surface area contributed by atoms with Crippen molar-refractivity contribution in [2.24, 2.45) is 5.92 Å². The van der Waals surface area contributed by atoms with Gasteiger partial charge in [-0.25, -0.2) is 12.7 Å². The molecule has 112 valence electrons. The van der Waals surface area contributed by atoms with Crippen LogP contribution in [0.3, 0.4) is 0 Å². The summed E-state index contributed by atoms with van der Waals surface area (Å²) in [6, 6.07) is 1.89. The van der Waals surface area contributed by atoms with E-state index in [0.717, 1.165) is 23.6 Å². The van der Waals surface area contributed by atoms with E-state index in [0.29, 0.717) is 10.8 Å². The highest BCUT2D eigenvalue weighted by atomic mass is 32.2. The number of carbonyl (C=O) groups excluding carboxylic acids is 1. The van der Waals surface area contributed by atoms with E-state index in [1.807, 2.05) is 6.07 Å². The second-order valence-electron chi connectivity index (χ2n) is 5.25. The zero-order valence-electron chi connectivity index (χ0n) is 12.2. The van der Waals surface area contributed by atoms with Crippen LogP contribution in [0.4, 0.5) is 0 Å². The van der Waals surface area contributed by atoms with Crippen LogP contribution in [0.5, 0.6) is 0 Å². The number of thiophene rings is 1. The van der Waals surface area contributed by atoms with Crippen molar-refractivity contribution in [1.82, 2.24) is 4.31 Å². The minimum Gasteiger partial charge on any atom is -0.267 e. The Morgan fingerprint density at radius 1 is 1.45 bits per heavy atom. The molecule has 0 radical (unpaired) electrons. The third-order valence-corrected chi connectivity index (χ3v) is 7.00. The Labute approximate surface area is 124 Å². The minimum absolute atomic E-state index is 0.0573. The highest BCUT2D eigenvalue weighted by molar-refractivity contribution is 7.89. The van der Waals surface area contributed by atoms with E-state index in [9.17, 15) is 13.2 Å². The lowest BCUT2D eigenvalue weighted by Gasteiger charge is -2.19. The van der Waals surface area contributed by atoms with Gasteiger partial charge in [-0.3, -0.25) is 4.79 Å². The monoisotopic (exact) mass is 315 g/mol. The summed E-state index contributed by atoms with van der Waals surface area (Å²) in [5.74, 6) is 0.231. The van der Waals surface area contributed by atoms with Crippen LogP contribution in [-0.4, -0.2) is 31.4 Å². The van der Waals surface area contributed by atoms with E-state index in [2.05, 4.69) is 6.92 Å². The SMILES string of the molecule is CC[C@@H]1CCc2sc(C(=O)N(C)S(=O)(=O)CC)cc2C1. The standard InChI is InChI=1S/C14H21NO3S2/c1-4-10-6-7-12-11(8-10)9-13(19-12)14(16)15(3)20(17,18)5-2/h9-10H,4-8H2,1-3H3/t10-/m1/s1. The number of aryl methyl sites for hydroxylation is 1. The summed E-state index contributed by atoms with van der Waals surface area (Å²) >= 11 is 1.46. The molecule has 1 aromatic heterocycles. The first-order valence-electron chi connectivity index (χ1n) is 7.01. The third-order valence-electron chi connectivity index (χ3n) is 4.04. The molecule has 1 aliphatic carbocycles. The van der Waals surface area contributed by atoms with Gasteiger partial charge in [0.2, 0.25) is 10.0 Å². The van der Waals surface area contributed by atoms with Crippen molar-refractivity contribution in [2.75, 3.05) is 12.8 Å². The van der Waals surface area contributed by atoms with E-state index in [1.54, 1.807) is 6.92 Å². The van der Waals surface area contributed by atoms with Crippen LogP contribution < -0.4 is 0 Å². The van der Waals surface area contributed by atoms with Crippen LogP contribution in [0, 0.1) is 5.92 Å². The Balaban J connectivity index is 2.23. The highest BCUT2D eigenvalue weighted by Gasteiger charge is 2.27. The Bertz CT molecular complexity index is 604. The van der Waals surface area contributed by atoms with E-state index in [1.165, 1.54) is 35.2 Å². The molecule has 4 nitrogen and oxygen atoms in total. The maximum absolute atomic E-state index is 12.3. The van der Waals surface area contributed by atoms with Crippen molar-refractivity contribution in [3.05, 3.63) is 21.4 Å². The summed E-state index contributed by atoms with van der Waals surface area (Å²) in [6.45, 7) is 3.74. The Morgan fingerprint density at radius 2 is 2.15 bits per heavy atom. The number of hydrogen-bond acceptors (Lipinski definition) is 4. The van der Waals surface area contributed by atoms with Gasteiger partial charge in [0.25, 0.3) is 5.91 Å². The fraction of sp³-hybridized carbons (Fsp3) is 0.643. The molecule has 1 aromatic rings. The van der Waals surface area contributed by atoms with Crippen molar-refractivity contribution in [1.29, 1.82) is 0 Å². The summed E-state index contributed by atoms with van der Waals surface area (Å²) in [4.78, 5) is 14.1. The van der Waals surface area contributed by atoms with Gasteiger partial charge in [0.15, 0.2) is 0 Å². The first kappa shape index (κ1) is 15.5. The Morgan fingerprint density at radius 3 is 2.75 bits per heavy atom. The lowest BCUT2D eigenvalue weighted by Crippen LogP contribution is -2.33. The average molecular weight is 315 g/mol. The van der Waals surface area contributed by atoms with Crippen LogP contribution >= 0.6 is 11.3 Å². The van der Waals surface area contributed by atoms with Gasteiger partial charge in [0.1, 0.15) is 0 Å². The molecule has 0 fully saturated rings. The number of fused-ring (bicyclic) bond motifs is 1. The van der Waals surface area contributed by atoms with Gasteiger partial charge >= 0.3 is 0 Å². The number of sulfonamides is 1. The molecule has 0 aromatic carbocycles. The molecule has 1 aliphatic rings. The molecule has 0 unspecified atom stereocenters. The molecule has 1 amide bonds. The molecular formula is C14H21NO3S2. The maximum atomic E-state index is 12.3. The van der Waals surface area contributed by atoms with Gasteiger partial charge < -0.3 is 0 Å². The molecule has 1 heterocycles. The molecule has 0 spiro atoms. The fourth-order valence-corrected chi connectivity index (χ4v) is 4.51. The van der Waals surface area contributed by atoms with Crippen molar-refractivity contribution in [3.63, 3.8) is 0 Å². The van der Waals surface area contributed by atoms with E-state index < -0.39 is 15.9 Å². The lowest BCUT2D eigenvalue weighted by atomic mass is 9.87. The second kappa shape index (κ2) is 5.85. The second-order valence-corrected chi connectivity index (χ2v) is 8.67. The Kier molecular flexibility index (Phi) is 4.54. The Hall–Kier alpha value is -0.880. The quantitative estimate of drug-likeness (QED) is 0.858. The van der Waals surface area contributed by atoms with Crippen LogP contribution in [0.2, 0.25) is 0 Å². The normalized spacial score (nSPS) is 18.6. The number of rotatable bonds is 4. The number of carbonyl (C=O) groups is 1. The number of nitrogens with zero attached hydrogens (tertiary/aromatic N) is 1. The molecule has 0 N–H and O–H groups in total. The summed E-state index contributed by atoms with van der Waals surface area (Å²) in [7, 11) is -2.13. The van der Waals surface area contributed by atoms with Crippen molar-refractivity contribution in [3.8, 4) is 0 Å². The van der Waals surface area contributed by atoms with Gasteiger partial charge in [-0.1, -0.05) is 13.3 Å². The predicted octanol–water partition coefficient (Wildman–Crippen LogP) is 2.68. The van der Waals surface area contributed by atoms with Gasteiger partial charge in [-0.2, -0.15) is 0 Å². The van der Waals surface area contributed by atoms with E-state index in [4.69, 9.17) is 0 Å². The van der Waals surface area contributed by atoms with Gasteiger partial charge in [-0.05, 0) is 43.7 Å². The van der Waals surface area contributed by atoms with Crippen molar-refractivity contribution < 1.29 is 13.2 Å². The van der Waals surface area contributed by atoms with Crippen LogP contribution in [0.1, 0.15) is 46.8 Å². The zero-order valence-corrected chi connectivity index (χ0v) is 13.8.